The molecule has 1 saturated carbocycles. The fraction of sp³-hybridized carbons (Fsp3) is 0.667. The van der Waals surface area contributed by atoms with Crippen molar-refractivity contribution in [3.63, 3.8) is 0 Å². The summed E-state index contributed by atoms with van der Waals surface area (Å²) in [6.45, 7) is 2.20. The van der Waals surface area contributed by atoms with Gasteiger partial charge in [-0.2, -0.15) is 0 Å². The Morgan fingerprint density at radius 3 is 2.89 bits per heavy atom. The molecule has 1 aliphatic heterocycles. The smallest absolute Gasteiger partial charge is 0.144 e. The zero-order chi connectivity index (χ0) is 13.1. The highest BCUT2D eigenvalue weighted by atomic mass is 15.3. The van der Waals surface area contributed by atoms with E-state index in [4.69, 9.17) is 5.84 Å². The highest BCUT2D eigenvalue weighted by Crippen LogP contribution is 2.36. The second kappa shape index (κ2) is 5.88. The molecule has 3 N–H and O–H groups in total. The van der Waals surface area contributed by atoms with Crippen molar-refractivity contribution >= 4 is 5.82 Å². The van der Waals surface area contributed by atoms with Crippen LogP contribution in [0.3, 0.4) is 0 Å². The predicted molar refractivity (Wildman–Crippen MR) is 77.4 cm³/mol. The largest absolute Gasteiger partial charge is 0.308 e. The number of hydrogen-bond donors (Lipinski definition) is 2. The summed E-state index contributed by atoms with van der Waals surface area (Å²) in [5.41, 5.74) is 3.93. The number of anilines is 1. The molecule has 2 fully saturated rings. The molecular weight excluding hydrogens is 236 g/mol. The summed E-state index contributed by atoms with van der Waals surface area (Å²) in [6, 6.07) is 4.91. The van der Waals surface area contributed by atoms with Crippen molar-refractivity contribution in [2.45, 2.75) is 51.1 Å². The minimum atomic E-state index is 0.785. The van der Waals surface area contributed by atoms with E-state index in [1.807, 2.05) is 6.07 Å². The van der Waals surface area contributed by atoms with Gasteiger partial charge in [0.15, 0.2) is 0 Å². The Bertz CT molecular complexity index is 414. The summed E-state index contributed by atoms with van der Waals surface area (Å²) in [5, 5.41) is 0. The van der Waals surface area contributed by atoms with Crippen LogP contribution in [0.2, 0.25) is 0 Å². The Morgan fingerprint density at radius 2 is 2.11 bits per heavy atom. The maximum absolute atomic E-state index is 5.55. The number of hydrogen-bond acceptors (Lipinski definition) is 4. The van der Waals surface area contributed by atoms with Gasteiger partial charge in [0.05, 0.1) is 0 Å². The van der Waals surface area contributed by atoms with Gasteiger partial charge in [-0.3, -0.25) is 4.90 Å². The summed E-state index contributed by atoms with van der Waals surface area (Å²) >= 11 is 0. The number of aromatic nitrogens is 1. The number of nitrogens with zero attached hydrogens (tertiary/aromatic N) is 2. The molecule has 104 valence electrons. The summed E-state index contributed by atoms with van der Waals surface area (Å²) in [4.78, 5) is 6.95. The van der Waals surface area contributed by atoms with Crippen LogP contribution in [0.1, 0.15) is 44.1 Å². The monoisotopic (exact) mass is 260 g/mol. The zero-order valence-electron chi connectivity index (χ0n) is 11.5. The molecule has 0 aromatic carbocycles. The van der Waals surface area contributed by atoms with Crippen LogP contribution in [0.25, 0.3) is 0 Å². The van der Waals surface area contributed by atoms with E-state index in [1.165, 1.54) is 50.6 Å². The van der Waals surface area contributed by atoms with Gasteiger partial charge in [0.1, 0.15) is 5.82 Å². The molecule has 2 aliphatic rings. The number of rotatable bonds is 4. The van der Waals surface area contributed by atoms with Crippen molar-refractivity contribution in [1.29, 1.82) is 0 Å². The number of nitrogen functional groups attached to an aromatic ring is 1. The minimum Gasteiger partial charge on any atom is -0.308 e. The average Bonchev–Trinajstić information content (AvgIpc) is 3.09. The Morgan fingerprint density at radius 1 is 1.26 bits per heavy atom. The lowest BCUT2D eigenvalue weighted by molar-refractivity contribution is 0.183. The van der Waals surface area contributed by atoms with Gasteiger partial charge in [-0.15, -0.1) is 0 Å². The van der Waals surface area contributed by atoms with Gasteiger partial charge in [-0.1, -0.05) is 18.9 Å². The predicted octanol–water partition coefficient (Wildman–Crippen LogP) is 2.52. The number of nitrogens with one attached hydrogen (secondary N) is 1. The summed E-state index contributed by atoms with van der Waals surface area (Å²) < 4.78 is 0. The first-order valence-corrected chi connectivity index (χ1v) is 7.53. The molecule has 4 heteroatoms. The van der Waals surface area contributed by atoms with Crippen LogP contribution in [-0.2, 0) is 6.54 Å². The Labute approximate surface area is 115 Å². The van der Waals surface area contributed by atoms with Gasteiger partial charge in [0, 0.05) is 24.3 Å². The van der Waals surface area contributed by atoms with Gasteiger partial charge < -0.3 is 5.43 Å². The molecule has 19 heavy (non-hydrogen) atoms. The van der Waals surface area contributed by atoms with E-state index in [0.717, 1.165) is 24.3 Å². The third kappa shape index (κ3) is 2.74. The third-order valence-electron chi connectivity index (χ3n) is 4.76. The first kappa shape index (κ1) is 12.9. The van der Waals surface area contributed by atoms with Crippen molar-refractivity contribution in [3.05, 3.63) is 23.9 Å². The molecule has 0 amide bonds. The maximum atomic E-state index is 5.55. The van der Waals surface area contributed by atoms with E-state index in [0.29, 0.717) is 0 Å². The fourth-order valence-electron chi connectivity index (χ4n) is 3.84. The van der Waals surface area contributed by atoms with Crippen LogP contribution in [0, 0.1) is 5.92 Å². The highest BCUT2D eigenvalue weighted by Gasteiger charge is 2.33. The number of nitrogens with two attached hydrogens (primary N) is 1. The molecule has 2 heterocycles. The molecule has 4 nitrogen and oxygen atoms in total. The molecule has 0 bridgehead atoms. The van der Waals surface area contributed by atoms with Crippen molar-refractivity contribution in [1.82, 2.24) is 9.88 Å². The molecule has 1 aromatic rings. The minimum absolute atomic E-state index is 0.785. The van der Waals surface area contributed by atoms with Gasteiger partial charge in [0.2, 0.25) is 0 Å². The van der Waals surface area contributed by atoms with E-state index in [1.54, 1.807) is 6.20 Å². The SMILES string of the molecule is NNc1ncccc1CN1CCCC1C1CCCC1. The maximum Gasteiger partial charge on any atom is 0.144 e. The normalized spacial score (nSPS) is 25.0. The molecule has 3 rings (SSSR count). The van der Waals surface area contributed by atoms with E-state index in [-0.39, 0.29) is 0 Å². The van der Waals surface area contributed by atoms with Crippen LogP contribution in [0.4, 0.5) is 5.82 Å². The van der Waals surface area contributed by atoms with Crippen LogP contribution < -0.4 is 11.3 Å². The number of pyridine rings is 1. The van der Waals surface area contributed by atoms with Crippen LogP contribution in [0.15, 0.2) is 18.3 Å². The Balaban J connectivity index is 1.70. The first-order chi connectivity index (χ1) is 9.38. The van der Waals surface area contributed by atoms with Gasteiger partial charge in [-0.05, 0) is 44.2 Å². The summed E-state index contributed by atoms with van der Waals surface area (Å²) in [6.07, 6.45) is 10.2. The lowest BCUT2D eigenvalue weighted by Gasteiger charge is -2.29. The lowest BCUT2D eigenvalue weighted by Crippen LogP contribution is -2.34. The standard InChI is InChI=1S/C15H24N4/c16-18-15-13(7-3-9-17-15)11-19-10-4-8-14(19)12-5-1-2-6-12/h3,7,9,12,14H,1-2,4-6,8,10-11,16H2,(H,17,18). The van der Waals surface area contributed by atoms with Crippen molar-refractivity contribution in [2.75, 3.05) is 12.0 Å². The van der Waals surface area contributed by atoms with Crippen LogP contribution in [0.5, 0.6) is 0 Å². The first-order valence-electron chi connectivity index (χ1n) is 7.53. The number of hydrazine groups is 1. The average molecular weight is 260 g/mol. The zero-order valence-corrected chi connectivity index (χ0v) is 11.5. The van der Waals surface area contributed by atoms with Crippen molar-refractivity contribution in [3.8, 4) is 0 Å². The number of likely N-dealkylation sites (tertiary alicyclic amines) is 1. The fourth-order valence-corrected chi connectivity index (χ4v) is 3.84. The molecule has 1 unspecified atom stereocenters. The molecule has 1 atom stereocenters. The quantitative estimate of drug-likeness (QED) is 0.645. The van der Waals surface area contributed by atoms with Crippen molar-refractivity contribution in [2.24, 2.45) is 11.8 Å². The third-order valence-corrected chi connectivity index (χ3v) is 4.76. The van der Waals surface area contributed by atoms with E-state index in [2.05, 4.69) is 21.4 Å². The van der Waals surface area contributed by atoms with Gasteiger partial charge in [-0.25, -0.2) is 10.8 Å². The molecule has 1 aliphatic carbocycles. The van der Waals surface area contributed by atoms with Gasteiger partial charge >= 0.3 is 0 Å². The molecule has 1 saturated heterocycles. The van der Waals surface area contributed by atoms with Crippen LogP contribution in [-0.4, -0.2) is 22.5 Å². The van der Waals surface area contributed by atoms with E-state index in [9.17, 15) is 0 Å². The molecule has 1 aromatic heterocycles. The molecular formula is C15H24N4. The second-order valence-corrected chi connectivity index (χ2v) is 5.88. The van der Waals surface area contributed by atoms with E-state index < -0.39 is 0 Å². The molecule has 0 radical (unpaired) electrons. The van der Waals surface area contributed by atoms with Crippen LogP contribution >= 0.6 is 0 Å². The van der Waals surface area contributed by atoms with Crippen molar-refractivity contribution < 1.29 is 0 Å². The summed E-state index contributed by atoms with van der Waals surface area (Å²) in [5.74, 6) is 7.29. The lowest BCUT2D eigenvalue weighted by atomic mass is 9.96. The Hall–Kier alpha value is -1.13. The van der Waals surface area contributed by atoms with E-state index >= 15 is 0 Å². The Kier molecular flexibility index (Phi) is 3.99. The van der Waals surface area contributed by atoms with Gasteiger partial charge in [0.25, 0.3) is 0 Å². The molecule has 0 spiro atoms. The topological polar surface area (TPSA) is 54.2 Å². The second-order valence-electron chi connectivity index (χ2n) is 5.88. The highest BCUT2D eigenvalue weighted by molar-refractivity contribution is 5.42. The summed E-state index contributed by atoms with van der Waals surface area (Å²) in [7, 11) is 0.